The standard InChI is InChI=1S/C25H28ClN3O5S2/c1-4-34-22(30)15-29-23-17(3)20(26)11-12-21(23)35-25(29)27-24(31)18-7-9-19(10-8-18)36(32,33)28-13-5-6-16(2)14-28/h7-12,16H,4-6,13-15H2,1-3H3. The number of amides is 1. The van der Waals surface area contributed by atoms with Gasteiger partial charge in [-0.3, -0.25) is 9.59 Å². The van der Waals surface area contributed by atoms with Crippen LogP contribution in [0.1, 0.15) is 42.6 Å². The summed E-state index contributed by atoms with van der Waals surface area (Å²) in [5, 5.41) is 0.538. The molecule has 1 fully saturated rings. The average Bonchev–Trinajstić information content (AvgIpc) is 3.18. The number of fused-ring (bicyclic) bond motifs is 1. The van der Waals surface area contributed by atoms with Crippen molar-refractivity contribution in [1.82, 2.24) is 8.87 Å². The third-order valence-electron chi connectivity index (χ3n) is 6.18. The van der Waals surface area contributed by atoms with E-state index >= 15 is 0 Å². The Labute approximate surface area is 219 Å². The van der Waals surface area contributed by atoms with Gasteiger partial charge in [-0.05, 0) is 74.6 Å². The molecule has 0 spiro atoms. The molecule has 8 nitrogen and oxygen atoms in total. The van der Waals surface area contributed by atoms with E-state index in [0.717, 1.165) is 23.1 Å². The predicted molar refractivity (Wildman–Crippen MR) is 140 cm³/mol. The smallest absolute Gasteiger partial charge is 0.326 e. The molecule has 2 heterocycles. The number of nitrogens with zero attached hydrogens (tertiary/aromatic N) is 3. The van der Waals surface area contributed by atoms with E-state index in [1.807, 2.05) is 19.9 Å². The van der Waals surface area contributed by atoms with E-state index in [2.05, 4.69) is 4.99 Å². The van der Waals surface area contributed by atoms with E-state index < -0.39 is 21.9 Å². The molecule has 1 unspecified atom stereocenters. The molecular formula is C25H28ClN3O5S2. The molecule has 11 heteroatoms. The highest BCUT2D eigenvalue weighted by Crippen LogP contribution is 2.27. The molecule has 4 rings (SSSR count). The van der Waals surface area contributed by atoms with Gasteiger partial charge in [0, 0.05) is 23.7 Å². The van der Waals surface area contributed by atoms with E-state index in [9.17, 15) is 18.0 Å². The summed E-state index contributed by atoms with van der Waals surface area (Å²) in [6.45, 7) is 6.72. The molecule has 1 amide bonds. The van der Waals surface area contributed by atoms with Gasteiger partial charge in [-0.25, -0.2) is 8.42 Å². The minimum Gasteiger partial charge on any atom is -0.465 e. The van der Waals surface area contributed by atoms with E-state index in [1.165, 1.54) is 39.9 Å². The molecule has 0 N–H and O–H groups in total. The van der Waals surface area contributed by atoms with Gasteiger partial charge in [-0.15, -0.1) is 0 Å². The lowest BCUT2D eigenvalue weighted by Crippen LogP contribution is -2.39. The zero-order valence-corrected chi connectivity index (χ0v) is 22.8. The zero-order valence-electron chi connectivity index (χ0n) is 20.4. The summed E-state index contributed by atoms with van der Waals surface area (Å²) in [5.41, 5.74) is 1.73. The first-order valence-corrected chi connectivity index (χ1v) is 14.4. The summed E-state index contributed by atoms with van der Waals surface area (Å²) < 4.78 is 35.1. The average molecular weight is 550 g/mol. The highest BCUT2D eigenvalue weighted by molar-refractivity contribution is 7.89. The van der Waals surface area contributed by atoms with Gasteiger partial charge in [0.15, 0.2) is 4.80 Å². The molecule has 1 saturated heterocycles. The highest BCUT2D eigenvalue weighted by Gasteiger charge is 2.28. The fourth-order valence-electron chi connectivity index (χ4n) is 4.32. The minimum atomic E-state index is -3.62. The van der Waals surface area contributed by atoms with Gasteiger partial charge in [-0.2, -0.15) is 9.30 Å². The van der Waals surface area contributed by atoms with Gasteiger partial charge in [0.25, 0.3) is 5.91 Å². The number of ether oxygens (including phenoxy) is 1. The van der Waals surface area contributed by atoms with Gasteiger partial charge >= 0.3 is 5.97 Å². The number of thiazole rings is 1. The molecule has 192 valence electrons. The number of aryl methyl sites for hydroxylation is 1. The highest BCUT2D eigenvalue weighted by atomic mass is 35.5. The molecule has 1 aromatic heterocycles. The van der Waals surface area contributed by atoms with Crippen molar-refractivity contribution in [3.05, 3.63) is 57.3 Å². The maximum absolute atomic E-state index is 13.0. The van der Waals surface area contributed by atoms with Crippen LogP contribution in [0.15, 0.2) is 46.3 Å². The molecule has 0 aliphatic carbocycles. The van der Waals surface area contributed by atoms with Gasteiger partial charge in [-0.1, -0.05) is 29.9 Å². The Morgan fingerprint density at radius 3 is 2.58 bits per heavy atom. The van der Waals surface area contributed by atoms with Crippen LogP contribution in [0.5, 0.6) is 0 Å². The summed E-state index contributed by atoms with van der Waals surface area (Å²) in [6, 6.07) is 9.41. The minimum absolute atomic E-state index is 0.118. The monoisotopic (exact) mass is 549 g/mol. The molecule has 36 heavy (non-hydrogen) atoms. The lowest BCUT2D eigenvalue weighted by atomic mass is 10.0. The number of carbonyl (C=O) groups excluding carboxylic acids is 2. The van der Waals surface area contributed by atoms with Crippen molar-refractivity contribution in [2.24, 2.45) is 10.9 Å². The van der Waals surface area contributed by atoms with E-state index in [4.69, 9.17) is 16.3 Å². The van der Waals surface area contributed by atoms with Gasteiger partial charge in [0.1, 0.15) is 6.54 Å². The van der Waals surface area contributed by atoms with Crippen molar-refractivity contribution in [1.29, 1.82) is 0 Å². The third kappa shape index (κ3) is 5.41. The number of piperidine rings is 1. The lowest BCUT2D eigenvalue weighted by molar-refractivity contribution is -0.143. The number of carbonyl (C=O) groups is 2. The van der Waals surface area contributed by atoms with Crippen LogP contribution in [0, 0.1) is 12.8 Å². The van der Waals surface area contributed by atoms with Crippen molar-refractivity contribution in [2.75, 3.05) is 19.7 Å². The predicted octanol–water partition coefficient (Wildman–Crippen LogP) is 4.39. The van der Waals surface area contributed by atoms with Crippen LogP contribution in [-0.4, -0.2) is 48.9 Å². The fourth-order valence-corrected chi connectivity index (χ4v) is 7.16. The molecule has 0 radical (unpaired) electrons. The van der Waals surface area contributed by atoms with Crippen molar-refractivity contribution < 1.29 is 22.7 Å². The number of esters is 1. The first-order valence-electron chi connectivity index (χ1n) is 11.7. The largest absolute Gasteiger partial charge is 0.465 e. The summed E-state index contributed by atoms with van der Waals surface area (Å²) in [7, 11) is -3.62. The summed E-state index contributed by atoms with van der Waals surface area (Å²) in [5.74, 6) is -0.681. The number of halogens is 1. The van der Waals surface area contributed by atoms with Crippen LogP contribution in [0.4, 0.5) is 0 Å². The van der Waals surface area contributed by atoms with Crippen molar-refractivity contribution in [3.63, 3.8) is 0 Å². The zero-order chi connectivity index (χ0) is 26.0. The van der Waals surface area contributed by atoms with Gasteiger partial charge in [0.05, 0.1) is 21.7 Å². The number of rotatable bonds is 6. The Balaban J connectivity index is 1.68. The molecular weight excluding hydrogens is 522 g/mol. The number of benzene rings is 2. The van der Waals surface area contributed by atoms with Crippen LogP contribution >= 0.6 is 22.9 Å². The lowest BCUT2D eigenvalue weighted by Gasteiger charge is -2.30. The number of aromatic nitrogens is 1. The first-order chi connectivity index (χ1) is 17.1. The van der Waals surface area contributed by atoms with Gasteiger partial charge in [0.2, 0.25) is 10.0 Å². The van der Waals surface area contributed by atoms with Crippen molar-refractivity contribution in [2.45, 2.75) is 45.1 Å². The SMILES string of the molecule is CCOC(=O)Cn1c(=NC(=O)c2ccc(S(=O)(=O)N3CCCC(C)C3)cc2)sc2ccc(Cl)c(C)c21. The van der Waals surface area contributed by atoms with Gasteiger partial charge < -0.3 is 9.30 Å². The first kappa shape index (κ1) is 26.5. The van der Waals surface area contributed by atoms with E-state index in [1.54, 1.807) is 17.6 Å². The summed E-state index contributed by atoms with van der Waals surface area (Å²) in [4.78, 5) is 30.1. The molecule has 1 aliphatic rings. The molecule has 0 saturated carbocycles. The van der Waals surface area contributed by atoms with Crippen LogP contribution in [-0.2, 0) is 26.1 Å². The maximum Gasteiger partial charge on any atom is 0.326 e. The summed E-state index contributed by atoms with van der Waals surface area (Å²) in [6.07, 6.45) is 1.85. The number of hydrogen-bond acceptors (Lipinski definition) is 6. The van der Waals surface area contributed by atoms with Crippen LogP contribution < -0.4 is 4.80 Å². The Morgan fingerprint density at radius 2 is 1.92 bits per heavy atom. The molecule has 2 aromatic carbocycles. The van der Waals surface area contributed by atoms with Crippen LogP contribution in [0.3, 0.4) is 0 Å². The normalized spacial score (nSPS) is 17.4. The Morgan fingerprint density at radius 1 is 1.19 bits per heavy atom. The number of sulfonamides is 1. The molecule has 1 aliphatic heterocycles. The second-order valence-electron chi connectivity index (χ2n) is 8.85. The maximum atomic E-state index is 13.0. The Kier molecular flexibility index (Phi) is 7.99. The summed E-state index contributed by atoms with van der Waals surface area (Å²) >= 11 is 7.57. The molecule has 3 aromatic rings. The second kappa shape index (κ2) is 10.8. The Hall–Kier alpha value is -2.53. The van der Waals surface area contributed by atoms with Crippen molar-refractivity contribution >= 4 is 55.1 Å². The number of hydrogen-bond donors (Lipinski definition) is 0. The molecule has 0 bridgehead atoms. The topological polar surface area (TPSA) is 98.0 Å². The van der Waals surface area contributed by atoms with Crippen LogP contribution in [0.25, 0.3) is 10.2 Å². The van der Waals surface area contributed by atoms with E-state index in [0.29, 0.717) is 34.3 Å². The van der Waals surface area contributed by atoms with E-state index in [-0.39, 0.29) is 23.6 Å². The Bertz CT molecular complexity index is 1480. The quantitative estimate of drug-likeness (QED) is 0.425. The second-order valence-corrected chi connectivity index (χ2v) is 12.2. The third-order valence-corrected chi connectivity index (χ3v) is 9.51. The van der Waals surface area contributed by atoms with Crippen molar-refractivity contribution in [3.8, 4) is 0 Å². The molecule has 1 atom stereocenters. The fraction of sp³-hybridized carbons (Fsp3) is 0.400. The van der Waals surface area contributed by atoms with Crippen LogP contribution in [0.2, 0.25) is 5.02 Å².